The van der Waals surface area contributed by atoms with Gasteiger partial charge in [-0.25, -0.2) is 9.48 Å². The predicted octanol–water partition coefficient (Wildman–Crippen LogP) is 3.61. The average molecular weight is 284 g/mol. The van der Waals surface area contributed by atoms with Crippen molar-refractivity contribution in [1.82, 2.24) is 9.78 Å². The molecule has 5 heteroatoms. The van der Waals surface area contributed by atoms with E-state index in [2.05, 4.69) is 5.10 Å². The van der Waals surface area contributed by atoms with Gasteiger partial charge in [0, 0.05) is 6.07 Å². The molecule has 0 saturated heterocycles. The van der Waals surface area contributed by atoms with Crippen LogP contribution in [0.5, 0.6) is 0 Å². The van der Waals surface area contributed by atoms with Gasteiger partial charge in [-0.05, 0) is 30.0 Å². The second kappa shape index (κ2) is 4.94. The van der Waals surface area contributed by atoms with Gasteiger partial charge >= 0.3 is 5.97 Å². The Labute approximate surface area is 119 Å². The molecule has 3 rings (SSSR count). The van der Waals surface area contributed by atoms with Gasteiger partial charge in [0.2, 0.25) is 0 Å². The fourth-order valence-corrected chi connectivity index (χ4v) is 2.80. The first-order valence-corrected chi connectivity index (χ1v) is 6.98. The van der Waals surface area contributed by atoms with Gasteiger partial charge in [0.05, 0.1) is 16.3 Å². The molecule has 0 unspecified atom stereocenters. The molecule has 0 saturated carbocycles. The van der Waals surface area contributed by atoms with Crippen LogP contribution in [0.3, 0.4) is 0 Å². The molecule has 0 aliphatic heterocycles. The Morgan fingerprint density at radius 2 is 2.05 bits per heavy atom. The Morgan fingerprint density at radius 3 is 2.70 bits per heavy atom. The van der Waals surface area contributed by atoms with E-state index in [1.165, 1.54) is 0 Å². The minimum atomic E-state index is -1.02. The van der Waals surface area contributed by atoms with Crippen LogP contribution in [0.4, 0.5) is 0 Å². The summed E-state index contributed by atoms with van der Waals surface area (Å²) in [6.07, 6.45) is 0. The summed E-state index contributed by atoms with van der Waals surface area (Å²) < 4.78 is 1.70. The number of rotatable bonds is 3. The number of aromatic nitrogens is 2. The van der Waals surface area contributed by atoms with Crippen molar-refractivity contribution in [2.45, 2.75) is 6.92 Å². The molecule has 20 heavy (non-hydrogen) atoms. The number of para-hydroxylation sites is 1. The molecular formula is C15H12N2O2S. The largest absolute Gasteiger partial charge is 0.476 e. The van der Waals surface area contributed by atoms with Crippen molar-refractivity contribution < 1.29 is 9.90 Å². The van der Waals surface area contributed by atoms with Crippen molar-refractivity contribution in [2.24, 2.45) is 0 Å². The maximum Gasteiger partial charge on any atom is 0.356 e. The molecule has 3 aromatic rings. The molecule has 0 aliphatic rings. The van der Waals surface area contributed by atoms with Gasteiger partial charge in [-0.15, -0.1) is 11.3 Å². The summed E-state index contributed by atoms with van der Waals surface area (Å²) >= 11 is 1.56. The highest BCUT2D eigenvalue weighted by Crippen LogP contribution is 2.28. The van der Waals surface area contributed by atoms with Gasteiger partial charge in [-0.2, -0.15) is 5.10 Å². The summed E-state index contributed by atoms with van der Waals surface area (Å²) in [5.41, 5.74) is 2.79. The average Bonchev–Trinajstić information content (AvgIpc) is 3.08. The van der Waals surface area contributed by atoms with E-state index in [1.54, 1.807) is 22.1 Å². The van der Waals surface area contributed by atoms with Crippen molar-refractivity contribution in [2.75, 3.05) is 0 Å². The number of aryl methyl sites for hydroxylation is 1. The molecule has 1 N–H and O–H groups in total. The summed E-state index contributed by atoms with van der Waals surface area (Å²) in [6, 6.07) is 13.3. The zero-order valence-electron chi connectivity index (χ0n) is 10.8. The number of hydrogen-bond acceptors (Lipinski definition) is 3. The van der Waals surface area contributed by atoms with E-state index in [1.807, 2.05) is 48.7 Å². The van der Waals surface area contributed by atoms with Crippen LogP contribution in [0.15, 0.2) is 47.8 Å². The Kier molecular flexibility index (Phi) is 3.12. The Morgan fingerprint density at radius 1 is 1.25 bits per heavy atom. The SMILES string of the molecule is Cc1ccccc1-n1nc(C(=O)O)cc1-c1cccs1. The third-order valence-electron chi connectivity index (χ3n) is 3.05. The third-order valence-corrected chi connectivity index (χ3v) is 3.94. The number of hydrogen-bond donors (Lipinski definition) is 1. The molecular weight excluding hydrogens is 272 g/mol. The van der Waals surface area contributed by atoms with E-state index >= 15 is 0 Å². The number of carbonyl (C=O) groups is 1. The lowest BCUT2D eigenvalue weighted by Gasteiger charge is -2.08. The normalized spacial score (nSPS) is 10.7. The Bertz CT molecular complexity index is 760. The Balaban J connectivity index is 2.24. The molecule has 0 atom stereocenters. The Hall–Kier alpha value is -2.40. The van der Waals surface area contributed by atoms with Crippen LogP contribution in [0.2, 0.25) is 0 Å². The standard InChI is InChI=1S/C15H12N2O2S/c1-10-5-2-3-6-12(10)17-13(14-7-4-8-20-14)9-11(16-17)15(18)19/h2-9H,1H3,(H,18,19). The second-order valence-electron chi connectivity index (χ2n) is 4.40. The van der Waals surface area contributed by atoms with Crippen molar-refractivity contribution >= 4 is 17.3 Å². The third kappa shape index (κ3) is 2.12. The minimum absolute atomic E-state index is 0.0525. The first-order valence-electron chi connectivity index (χ1n) is 6.10. The van der Waals surface area contributed by atoms with Crippen LogP contribution >= 0.6 is 11.3 Å². The van der Waals surface area contributed by atoms with Crippen LogP contribution in [0, 0.1) is 6.92 Å². The van der Waals surface area contributed by atoms with Gasteiger partial charge < -0.3 is 5.11 Å². The van der Waals surface area contributed by atoms with Gasteiger partial charge in [-0.3, -0.25) is 0 Å². The summed E-state index contributed by atoms with van der Waals surface area (Å²) in [4.78, 5) is 12.2. The molecule has 0 fully saturated rings. The molecule has 0 amide bonds. The van der Waals surface area contributed by atoms with E-state index in [0.717, 1.165) is 21.8 Å². The van der Waals surface area contributed by atoms with E-state index in [0.29, 0.717) is 0 Å². The molecule has 4 nitrogen and oxygen atoms in total. The zero-order valence-corrected chi connectivity index (χ0v) is 11.6. The highest BCUT2D eigenvalue weighted by atomic mass is 32.1. The van der Waals surface area contributed by atoms with E-state index in [-0.39, 0.29) is 5.69 Å². The molecule has 0 radical (unpaired) electrons. The summed E-state index contributed by atoms with van der Waals surface area (Å²) in [6.45, 7) is 1.98. The quantitative estimate of drug-likeness (QED) is 0.799. The second-order valence-corrected chi connectivity index (χ2v) is 5.34. The van der Waals surface area contributed by atoms with Gasteiger partial charge in [0.25, 0.3) is 0 Å². The van der Waals surface area contributed by atoms with Gasteiger partial charge in [0.1, 0.15) is 0 Å². The smallest absolute Gasteiger partial charge is 0.356 e. The zero-order chi connectivity index (χ0) is 14.1. The summed E-state index contributed by atoms with van der Waals surface area (Å²) in [5.74, 6) is -1.02. The predicted molar refractivity (Wildman–Crippen MR) is 78.6 cm³/mol. The maximum atomic E-state index is 11.2. The van der Waals surface area contributed by atoms with Gasteiger partial charge in [0.15, 0.2) is 5.69 Å². The molecule has 0 bridgehead atoms. The lowest BCUT2D eigenvalue weighted by atomic mass is 10.2. The van der Waals surface area contributed by atoms with Crippen molar-refractivity contribution in [3.8, 4) is 16.3 Å². The molecule has 2 aromatic heterocycles. The molecule has 0 spiro atoms. The topological polar surface area (TPSA) is 55.1 Å². The first kappa shape index (κ1) is 12.6. The molecule has 2 heterocycles. The van der Waals surface area contributed by atoms with Crippen LogP contribution in [-0.2, 0) is 0 Å². The number of nitrogens with zero attached hydrogens (tertiary/aromatic N) is 2. The number of aromatic carboxylic acids is 1. The lowest BCUT2D eigenvalue weighted by Crippen LogP contribution is -2.03. The van der Waals surface area contributed by atoms with Crippen LogP contribution < -0.4 is 0 Å². The fraction of sp³-hybridized carbons (Fsp3) is 0.0667. The monoisotopic (exact) mass is 284 g/mol. The first-order chi connectivity index (χ1) is 9.66. The molecule has 100 valence electrons. The highest BCUT2D eigenvalue weighted by Gasteiger charge is 2.17. The van der Waals surface area contributed by atoms with Crippen LogP contribution in [0.1, 0.15) is 16.1 Å². The van der Waals surface area contributed by atoms with Crippen LogP contribution in [-0.4, -0.2) is 20.9 Å². The molecule has 0 aliphatic carbocycles. The summed E-state index contributed by atoms with van der Waals surface area (Å²) in [7, 11) is 0. The highest BCUT2D eigenvalue weighted by molar-refractivity contribution is 7.13. The van der Waals surface area contributed by atoms with Crippen molar-refractivity contribution in [3.63, 3.8) is 0 Å². The van der Waals surface area contributed by atoms with Crippen LogP contribution in [0.25, 0.3) is 16.3 Å². The van der Waals surface area contributed by atoms with E-state index in [4.69, 9.17) is 5.11 Å². The van der Waals surface area contributed by atoms with Crippen molar-refractivity contribution in [1.29, 1.82) is 0 Å². The number of benzene rings is 1. The van der Waals surface area contributed by atoms with Gasteiger partial charge in [-0.1, -0.05) is 24.3 Å². The summed E-state index contributed by atoms with van der Waals surface area (Å²) in [5, 5.41) is 15.3. The van der Waals surface area contributed by atoms with Crippen molar-refractivity contribution in [3.05, 3.63) is 59.1 Å². The maximum absolute atomic E-state index is 11.2. The number of carboxylic acid groups (broad SMARTS) is 1. The number of thiophene rings is 1. The number of carboxylic acids is 1. The molecule has 1 aromatic carbocycles. The van der Waals surface area contributed by atoms with E-state index in [9.17, 15) is 4.79 Å². The minimum Gasteiger partial charge on any atom is -0.476 e. The lowest BCUT2D eigenvalue weighted by molar-refractivity contribution is 0.0690. The fourth-order valence-electron chi connectivity index (χ4n) is 2.07. The van der Waals surface area contributed by atoms with E-state index < -0.39 is 5.97 Å².